The first-order valence-corrected chi connectivity index (χ1v) is 7.81. The van der Waals surface area contributed by atoms with Crippen LogP contribution in [-0.4, -0.2) is 25.0 Å². The fraction of sp³-hybridized carbons (Fsp3) is 0.389. The molecule has 1 aliphatic carbocycles. The predicted molar refractivity (Wildman–Crippen MR) is 86.9 cm³/mol. The zero-order valence-corrected chi connectivity index (χ0v) is 13.8. The summed E-state index contributed by atoms with van der Waals surface area (Å²) >= 11 is 0. The maximum atomic E-state index is 12.6. The lowest BCUT2D eigenvalue weighted by Crippen LogP contribution is -2.49. The van der Waals surface area contributed by atoms with Gasteiger partial charge in [0, 0.05) is 6.42 Å². The number of nitrogens with one attached hydrogen (secondary N) is 1. The Morgan fingerprint density at radius 2 is 2.00 bits per heavy atom. The monoisotopic (exact) mass is 331 g/mol. The first-order valence-electron chi connectivity index (χ1n) is 7.81. The standard InChI is InChI=1S/C18H21NO5/c1-3-12-24-17(22)19-15(13-8-5-4-6-9-13)18(16(21)23-2)11-7-10-14(18)20/h3-6,8-9,12,15H,7,10-11H2,1-2H3,(H,19,22)/b12-3+/t15-,18-/m0/s1. The molecule has 1 aromatic rings. The van der Waals surface area contributed by atoms with Crippen LogP contribution in [0.5, 0.6) is 0 Å². The molecule has 0 heterocycles. The second-order valence-electron chi connectivity index (χ2n) is 5.60. The lowest BCUT2D eigenvalue weighted by molar-refractivity contribution is -0.158. The van der Waals surface area contributed by atoms with Crippen LogP contribution in [-0.2, 0) is 19.1 Å². The largest absolute Gasteiger partial charge is 0.468 e. The smallest absolute Gasteiger partial charge is 0.412 e. The van der Waals surface area contributed by atoms with Crippen molar-refractivity contribution < 1.29 is 23.9 Å². The Kier molecular flexibility index (Phi) is 5.73. The number of allylic oxidation sites excluding steroid dienone is 1. The quantitative estimate of drug-likeness (QED) is 0.510. The number of benzene rings is 1. The van der Waals surface area contributed by atoms with E-state index in [1.54, 1.807) is 37.3 Å². The average Bonchev–Trinajstić information content (AvgIpc) is 3.00. The van der Waals surface area contributed by atoms with E-state index in [0.29, 0.717) is 18.4 Å². The summed E-state index contributed by atoms with van der Waals surface area (Å²) in [5, 5.41) is 2.66. The molecule has 0 unspecified atom stereocenters. The van der Waals surface area contributed by atoms with Crippen molar-refractivity contribution in [2.24, 2.45) is 5.41 Å². The highest BCUT2D eigenvalue weighted by Crippen LogP contribution is 2.46. The van der Waals surface area contributed by atoms with Gasteiger partial charge in [0.1, 0.15) is 0 Å². The molecule has 2 rings (SSSR count). The van der Waals surface area contributed by atoms with Crippen LogP contribution in [0.15, 0.2) is 42.7 Å². The summed E-state index contributed by atoms with van der Waals surface area (Å²) in [7, 11) is 1.25. The molecule has 0 bridgehead atoms. The molecule has 0 aromatic heterocycles. The summed E-state index contributed by atoms with van der Waals surface area (Å²) in [6.45, 7) is 1.71. The van der Waals surface area contributed by atoms with Gasteiger partial charge < -0.3 is 14.8 Å². The molecule has 0 aliphatic heterocycles. The Bertz CT molecular complexity index is 640. The van der Waals surface area contributed by atoms with Gasteiger partial charge in [-0.1, -0.05) is 36.4 Å². The fourth-order valence-electron chi connectivity index (χ4n) is 3.13. The van der Waals surface area contributed by atoms with Gasteiger partial charge in [-0.05, 0) is 25.3 Å². The molecule has 0 radical (unpaired) electrons. The molecule has 1 saturated carbocycles. The third-order valence-electron chi connectivity index (χ3n) is 4.22. The Morgan fingerprint density at radius 3 is 2.54 bits per heavy atom. The molecule has 128 valence electrons. The van der Waals surface area contributed by atoms with E-state index in [9.17, 15) is 14.4 Å². The molecule has 0 spiro atoms. The van der Waals surface area contributed by atoms with E-state index in [4.69, 9.17) is 9.47 Å². The van der Waals surface area contributed by atoms with Crippen LogP contribution in [0.25, 0.3) is 0 Å². The molecule has 24 heavy (non-hydrogen) atoms. The van der Waals surface area contributed by atoms with Crippen LogP contribution in [0.3, 0.4) is 0 Å². The molecule has 1 fully saturated rings. The van der Waals surface area contributed by atoms with E-state index >= 15 is 0 Å². The summed E-state index contributed by atoms with van der Waals surface area (Å²) < 4.78 is 9.81. The molecule has 1 aromatic carbocycles. The van der Waals surface area contributed by atoms with Gasteiger partial charge in [-0.15, -0.1) is 0 Å². The molecule has 1 N–H and O–H groups in total. The van der Waals surface area contributed by atoms with Crippen molar-refractivity contribution in [1.29, 1.82) is 0 Å². The van der Waals surface area contributed by atoms with Crippen LogP contribution in [0.4, 0.5) is 4.79 Å². The minimum Gasteiger partial charge on any atom is -0.468 e. The molecule has 2 atom stereocenters. The summed E-state index contributed by atoms with van der Waals surface area (Å²) in [4.78, 5) is 37.2. The van der Waals surface area contributed by atoms with Crippen LogP contribution in [0.1, 0.15) is 37.8 Å². The van der Waals surface area contributed by atoms with Crippen molar-refractivity contribution in [3.05, 3.63) is 48.2 Å². The van der Waals surface area contributed by atoms with E-state index in [2.05, 4.69) is 5.32 Å². The number of carbonyl (C=O) groups is 3. The first kappa shape index (κ1) is 17.7. The molecule has 1 amide bonds. The number of methoxy groups -OCH3 is 1. The van der Waals surface area contributed by atoms with Gasteiger partial charge in [0.25, 0.3) is 0 Å². The molecular weight excluding hydrogens is 310 g/mol. The number of hydrogen-bond acceptors (Lipinski definition) is 5. The van der Waals surface area contributed by atoms with Crippen LogP contribution in [0, 0.1) is 5.41 Å². The van der Waals surface area contributed by atoms with Crippen molar-refractivity contribution in [2.75, 3.05) is 7.11 Å². The Morgan fingerprint density at radius 1 is 1.29 bits per heavy atom. The van der Waals surface area contributed by atoms with E-state index in [1.165, 1.54) is 13.4 Å². The normalized spacial score (nSPS) is 21.5. The highest BCUT2D eigenvalue weighted by molar-refractivity contribution is 6.06. The summed E-state index contributed by atoms with van der Waals surface area (Å²) in [6.07, 6.45) is 3.24. The summed E-state index contributed by atoms with van der Waals surface area (Å²) in [6, 6.07) is 8.06. The van der Waals surface area contributed by atoms with Gasteiger partial charge in [0.15, 0.2) is 11.2 Å². The Labute approximate surface area is 140 Å². The van der Waals surface area contributed by atoms with Gasteiger partial charge in [0.05, 0.1) is 19.4 Å². The number of ketones is 1. The van der Waals surface area contributed by atoms with Gasteiger partial charge in [-0.3, -0.25) is 9.59 Å². The third-order valence-corrected chi connectivity index (χ3v) is 4.22. The van der Waals surface area contributed by atoms with Crippen molar-refractivity contribution in [2.45, 2.75) is 32.2 Å². The first-order chi connectivity index (χ1) is 11.6. The second kappa shape index (κ2) is 7.77. The molecule has 6 heteroatoms. The zero-order chi connectivity index (χ0) is 17.6. The summed E-state index contributed by atoms with van der Waals surface area (Å²) in [5.74, 6) is -0.861. The van der Waals surface area contributed by atoms with Crippen LogP contribution >= 0.6 is 0 Å². The van der Waals surface area contributed by atoms with E-state index < -0.39 is 23.5 Å². The highest BCUT2D eigenvalue weighted by atomic mass is 16.5. The number of alkyl carbamates (subject to hydrolysis) is 1. The topological polar surface area (TPSA) is 81.7 Å². The zero-order valence-electron chi connectivity index (χ0n) is 13.8. The number of hydrogen-bond donors (Lipinski definition) is 1. The third kappa shape index (κ3) is 3.32. The van der Waals surface area contributed by atoms with Gasteiger partial charge in [-0.2, -0.15) is 0 Å². The fourth-order valence-corrected chi connectivity index (χ4v) is 3.13. The van der Waals surface area contributed by atoms with Crippen LogP contribution < -0.4 is 5.32 Å². The lowest BCUT2D eigenvalue weighted by Gasteiger charge is -2.33. The minimum atomic E-state index is -1.43. The molecule has 1 aliphatic rings. The predicted octanol–water partition coefficient (Wildman–Crippen LogP) is 2.90. The molecule has 6 nitrogen and oxygen atoms in total. The van der Waals surface area contributed by atoms with Crippen molar-refractivity contribution in [3.8, 4) is 0 Å². The van der Waals surface area contributed by atoms with Gasteiger partial charge in [0.2, 0.25) is 0 Å². The van der Waals surface area contributed by atoms with Crippen molar-refractivity contribution >= 4 is 17.8 Å². The van der Waals surface area contributed by atoms with Crippen molar-refractivity contribution in [3.63, 3.8) is 0 Å². The SMILES string of the molecule is C/C=C/OC(=O)N[C@@H](c1ccccc1)[C@]1(C(=O)OC)CCCC1=O. The lowest BCUT2D eigenvalue weighted by atomic mass is 9.74. The van der Waals surface area contributed by atoms with E-state index in [-0.39, 0.29) is 12.2 Å². The second-order valence-corrected chi connectivity index (χ2v) is 5.60. The average molecular weight is 331 g/mol. The number of ether oxygens (including phenoxy) is 2. The number of rotatable bonds is 5. The minimum absolute atomic E-state index is 0.227. The van der Waals surface area contributed by atoms with E-state index in [0.717, 1.165) is 0 Å². The number of Topliss-reactive ketones (excluding diaryl/α,β-unsaturated/α-hetero) is 1. The molecular formula is C18H21NO5. The molecule has 0 saturated heterocycles. The van der Waals surface area contributed by atoms with Crippen LogP contribution in [0.2, 0.25) is 0 Å². The van der Waals surface area contributed by atoms with E-state index in [1.807, 2.05) is 6.07 Å². The Hall–Kier alpha value is -2.63. The maximum Gasteiger partial charge on any atom is 0.412 e. The number of esters is 1. The number of amides is 1. The maximum absolute atomic E-state index is 12.6. The highest BCUT2D eigenvalue weighted by Gasteiger charge is 2.56. The number of carbonyl (C=O) groups excluding carboxylic acids is 3. The van der Waals surface area contributed by atoms with Crippen molar-refractivity contribution in [1.82, 2.24) is 5.32 Å². The summed E-state index contributed by atoms with van der Waals surface area (Å²) in [5.41, 5.74) is -0.777. The van der Waals surface area contributed by atoms with Gasteiger partial charge >= 0.3 is 12.1 Å². The Balaban J connectivity index is 2.45. The van der Waals surface area contributed by atoms with Gasteiger partial charge in [-0.25, -0.2) is 4.79 Å².